The van der Waals surface area contributed by atoms with Gasteiger partial charge in [-0.1, -0.05) is 30.7 Å². The average molecular weight is 296 g/mol. The van der Waals surface area contributed by atoms with Crippen molar-refractivity contribution in [3.63, 3.8) is 0 Å². The maximum atomic E-state index is 11.0. The Bertz CT molecular complexity index is 626. The molecule has 0 radical (unpaired) electrons. The van der Waals surface area contributed by atoms with Gasteiger partial charge in [-0.25, -0.2) is 4.68 Å². The van der Waals surface area contributed by atoms with Crippen LogP contribution in [0.3, 0.4) is 0 Å². The predicted octanol–water partition coefficient (Wildman–Crippen LogP) is 2.33. The van der Waals surface area contributed by atoms with E-state index in [9.17, 15) is 10.1 Å². The summed E-state index contributed by atoms with van der Waals surface area (Å²) in [5, 5.41) is 22.5. The summed E-state index contributed by atoms with van der Waals surface area (Å²) in [6, 6.07) is 4.64. The molecular weight excluding hydrogens is 282 g/mol. The number of nitro benzene ring substituents is 1. The molecule has 0 aliphatic rings. The molecule has 8 heteroatoms. The second-order valence-electron chi connectivity index (χ2n) is 4.58. The standard InChI is InChI=1S/C12H14ClN5O2/c1-8(2)14-6-10-7-17(16-15-10)12-5-9(13)3-4-11(12)18(19)20/h3-5,7-8,14H,6H2,1-2H3. The molecule has 0 spiro atoms. The summed E-state index contributed by atoms with van der Waals surface area (Å²) in [7, 11) is 0. The molecule has 0 saturated carbocycles. The average Bonchev–Trinajstić information content (AvgIpc) is 2.84. The second-order valence-corrected chi connectivity index (χ2v) is 5.02. The third-order valence-corrected chi connectivity index (χ3v) is 2.85. The summed E-state index contributed by atoms with van der Waals surface area (Å²) >= 11 is 5.88. The smallest absolute Gasteiger partial charge is 0.295 e. The summed E-state index contributed by atoms with van der Waals surface area (Å²) in [6.45, 7) is 4.59. The maximum absolute atomic E-state index is 11.0. The molecule has 1 heterocycles. The highest BCUT2D eigenvalue weighted by Crippen LogP contribution is 2.25. The van der Waals surface area contributed by atoms with Crippen LogP contribution in [0.1, 0.15) is 19.5 Å². The molecule has 1 aromatic carbocycles. The van der Waals surface area contributed by atoms with Crippen LogP contribution in [-0.4, -0.2) is 26.0 Å². The Morgan fingerprint density at radius 2 is 2.25 bits per heavy atom. The van der Waals surface area contributed by atoms with Crippen LogP contribution in [0.4, 0.5) is 5.69 Å². The molecule has 0 aliphatic heterocycles. The van der Waals surface area contributed by atoms with E-state index in [0.29, 0.717) is 29.0 Å². The summed E-state index contributed by atoms with van der Waals surface area (Å²) in [4.78, 5) is 10.5. The first kappa shape index (κ1) is 14.4. The van der Waals surface area contributed by atoms with Gasteiger partial charge in [-0.3, -0.25) is 10.1 Å². The summed E-state index contributed by atoms with van der Waals surface area (Å²) in [6.07, 6.45) is 1.65. The fraction of sp³-hybridized carbons (Fsp3) is 0.333. The molecule has 20 heavy (non-hydrogen) atoms. The van der Waals surface area contributed by atoms with Crippen LogP contribution in [0.2, 0.25) is 5.02 Å². The van der Waals surface area contributed by atoms with Gasteiger partial charge in [0.15, 0.2) is 0 Å². The fourth-order valence-corrected chi connectivity index (χ4v) is 1.81. The fourth-order valence-electron chi connectivity index (χ4n) is 1.64. The largest absolute Gasteiger partial charge is 0.309 e. The predicted molar refractivity (Wildman–Crippen MR) is 75.0 cm³/mol. The molecule has 0 fully saturated rings. The summed E-state index contributed by atoms with van der Waals surface area (Å²) < 4.78 is 1.36. The van der Waals surface area contributed by atoms with Crippen molar-refractivity contribution in [2.45, 2.75) is 26.4 Å². The van der Waals surface area contributed by atoms with Crippen LogP contribution in [0.5, 0.6) is 0 Å². The minimum Gasteiger partial charge on any atom is -0.309 e. The van der Waals surface area contributed by atoms with Gasteiger partial charge in [0.05, 0.1) is 16.8 Å². The first-order chi connectivity index (χ1) is 9.47. The highest BCUT2D eigenvalue weighted by Gasteiger charge is 2.17. The number of nitro groups is 1. The van der Waals surface area contributed by atoms with Gasteiger partial charge in [-0.15, -0.1) is 5.10 Å². The highest BCUT2D eigenvalue weighted by atomic mass is 35.5. The lowest BCUT2D eigenvalue weighted by Gasteiger charge is -2.04. The van der Waals surface area contributed by atoms with E-state index in [4.69, 9.17) is 11.6 Å². The Kier molecular flexibility index (Phi) is 4.31. The van der Waals surface area contributed by atoms with Gasteiger partial charge < -0.3 is 5.32 Å². The zero-order chi connectivity index (χ0) is 14.7. The van der Waals surface area contributed by atoms with E-state index >= 15 is 0 Å². The van der Waals surface area contributed by atoms with Gasteiger partial charge in [-0.05, 0) is 12.1 Å². The van der Waals surface area contributed by atoms with Crippen molar-refractivity contribution in [1.29, 1.82) is 0 Å². The summed E-state index contributed by atoms with van der Waals surface area (Å²) in [5.74, 6) is 0. The van der Waals surface area contributed by atoms with E-state index in [-0.39, 0.29) is 5.69 Å². The van der Waals surface area contributed by atoms with E-state index in [1.54, 1.807) is 6.20 Å². The van der Waals surface area contributed by atoms with E-state index in [1.165, 1.54) is 22.9 Å². The highest BCUT2D eigenvalue weighted by molar-refractivity contribution is 6.30. The Morgan fingerprint density at radius 1 is 1.50 bits per heavy atom. The lowest BCUT2D eigenvalue weighted by Crippen LogP contribution is -2.21. The zero-order valence-corrected chi connectivity index (χ0v) is 11.8. The normalized spacial score (nSPS) is 11.0. The molecule has 0 unspecified atom stereocenters. The number of hydrogen-bond acceptors (Lipinski definition) is 5. The number of rotatable bonds is 5. The minimum absolute atomic E-state index is 0.0670. The first-order valence-electron chi connectivity index (χ1n) is 6.06. The van der Waals surface area contributed by atoms with E-state index in [0.717, 1.165) is 0 Å². The Labute approximate surface area is 120 Å². The van der Waals surface area contributed by atoms with Gasteiger partial charge in [0, 0.05) is 23.7 Å². The number of aromatic nitrogens is 3. The molecule has 0 atom stereocenters. The van der Waals surface area contributed by atoms with Crippen molar-refractivity contribution in [1.82, 2.24) is 20.3 Å². The number of nitrogens with zero attached hydrogens (tertiary/aromatic N) is 4. The van der Waals surface area contributed by atoms with Gasteiger partial charge in [0.25, 0.3) is 5.69 Å². The minimum atomic E-state index is -0.473. The quantitative estimate of drug-likeness (QED) is 0.676. The molecule has 1 aromatic heterocycles. The van der Waals surface area contributed by atoms with Crippen molar-refractivity contribution in [3.8, 4) is 5.69 Å². The Morgan fingerprint density at radius 3 is 2.90 bits per heavy atom. The number of halogens is 1. The van der Waals surface area contributed by atoms with Crippen LogP contribution < -0.4 is 5.32 Å². The SMILES string of the molecule is CC(C)NCc1cn(-c2cc(Cl)ccc2[N+](=O)[O-])nn1. The van der Waals surface area contributed by atoms with Crippen LogP contribution >= 0.6 is 11.6 Å². The van der Waals surface area contributed by atoms with E-state index in [2.05, 4.69) is 15.6 Å². The van der Waals surface area contributed by atoms with Crippen molar-refractivity contribution < 1.29 is 4.92 Å². The number of benzene rings is 1. The van der Waals surface area contributed by atoms with Crippen molar-refractivity contribution in [2.24, 2.45) is 0 Å². The van der Waals surface area contributed by atoms with Crippen LogP contribution in [0.25, 0.3) is 5.69 Å². The monoisotopic (exact) mass is 295 g/mol. The van der Waals surface area contributed by atoms with E-state index in [1.807, 2.05) is 13.8 Å². The molecular formula is C12H14ClN5O2. The first-order valence-corrected chi connectivity index (χ1v) is 6.44. The molecule has 106 valence electrons. The van der Waals surface area contributed by atoms with Crippen molar-refractivity contribution >= 4 is 17.3 Å². The molecule has 0 saturated heterocycles. The van der Waals surface area contributed by atoms with Gasteiger partial charge >= 0.3 is 0 Å². The third kappa shape index (κ3) is 3.31. The van der Waals surface area contributed by atoms with Crippen LogP contribution in [0, 0.1) is 10.1 Å². The van der Waals surface area contributed by atoms with Crippen molar-refractivity contribution in [3.05, 3.63) is 45.2 Å². The zero-order valence-electron chi connectivity index (χ0n) is 11.1. The summed E-state index contributed by atoms with van der Waals surface area (Å²) in [5.41, 5.74) is 0.932. The van der Waals surface area contributed by atoms with Gasteiger partial charge in [-0.2, -0.15) is 0 Å². The van der Waals surface area contributed by atoms with E-state index < -0.39 is 4.92 Å². The number of hydrogen-bond donors (Lipinski definition) is 1. The molecule has 0 bridgehead atoms. The lowest BCUT2D eigenvalue weighted by atomic mass is 10.2. The lowest BCUT2D eigenvalue weighted by molar-refractivity contribution is -0.384. The van der Waals surface area contributed by atoms with Gasteiger partial charge in [0.1, 0.15) is 5.69 Å². The second kappa shape index (κ2) is 5.98. The topological polar surface area (TPSA) is 85.9 Å². The van der Waals surface area contributed by atoms with Crippen LogP contribution in [-0.2, 0) is 6.54 Å². The number of nitrogens with one attached hydrogen (secondary N) is 1. The molecule has 1 N–H and O–H groups in total. The molecule has 0 aliphatic carbocycles. The Balaban J connectivity index is 2.32. The van der Waals surface area contributed by atoms with Gasteiger partial charge in [0.2, 0.25) is 0 Å². The molecule has 0 amide bonds. The third-order valence-electron chi connectivity index (χ3n) is 2.61. The Hall–Kier alpha value is -1.99. The van der Waals surface area contributed by atoms with Crippen LogP contribution in [0.15, 0.2) is 24.4 Å². The van der Waals surface area contributed by atoms with Crippen molar-refractivity contribution in [2.75, 3.05) is 0 Å². The molecule has 7 nitrogen and oxygen atoms in total. The molecule has 2 rings (SSSR count). The maximum Gasteiger partial charge on any atom is 0.295 e. The molecule has 2 aromatic rings.